The van der Waals surface area contributed by atoms with Crippen LogP contribution in [0.5, 0.6) is 0 Å². The maximum absolute atomic E-state index is 10.4. The van der Waals surface area contributed by atoms with Crippen molar-refractivity contribution in [3.63, 3.8) is 0 Å². The lowest BCUT2D eigenvalue weighted by Crippen LogP contribution is -2.44. The molecule has 0 saturated carbocycles. The third-order valence-electron chi connectivity index (χ3n) is 4.27. The Morgan fingerprint density at radius 1 is 1.14 bits per heavy atom. The first-order valence-electron chi connectivity index (χ1n) is 8.01. The Labute approximate surface area is 128 Å². The summed E-state index contributed by atoms with van der Waals surface area (Å²) in [7, 11) is 0. The van der Waals surface area contributed by atoms with Crippen LogP contribution in [-0.2, 0) is 11.3 Å². The third-order valence-corrected chi connectivity index (χ3v) is 4.27. The van der Waals surface area contributed by atoms with Crippen molar-refractivity contribution in [2.75, 3.05) is 37.7 Å². The Bertz CT molecular complexity index is 409. The molecular weight excluding hydrogens is 264 g/mol. The van der Waals surface area contributed by atoms with Crippen molar-refractivity contribution in [2.24, 2.45) is 0 Å². The molecule has 1 aromatic rings. The molecule has 0 atom stereocenters. The summed E-state index contributed by atoms with van der Waals surface area (Å²) in [6.07, 6.45) is 1.45. The first-order valence-corrected chi connectivity index (χ1v) is 8.01. The number of ether oxygens (including phenoxy) is 1. The number of benzene rings is 1. The second-order valence-electron chi connectivity index (χ2n) is 5.78. The van der Waals surface area contributed by atoms with E-state index in [1.165, 1.54) is 11.3 Å². The van der Waals surface area contributed by atoms with E-state index in [4.69, 9.17) is 4.74 Å². The zero-order valence-corrected chi connectivity index (χ0v) is 13.3. The standard InChI is InChI=1S/C17H28N2O2/c1-3-19(4-2)16-7-5-15(6-8-16)13-18-14-17(20)9-11-21-12-10-17/h5-8,18,20H,3-4,9-14H2,1-2H3. The molecule has 1 heterocycles. The Balaban J connectivity index is 1.80. The van der Waals surface area contributed by atoms with E-state index in [1.54, 1.807) is 0 Å². The zero-order chi connectivity index (χ0) is 15.1. The van der Waals surface area contributed by atoms with Crippen molar-refractivity contribution in [1.29, 1.82) is 0 Å². The van der Waals surface area contributed by atoms with Crippen LogP contribution in [0.4, 0.5) is 5.69 Å². The lowest BCUT2D eigenvalue weighted by Gasteiger charge is -2.32. The Hall–Kier alpha value is -1.10. The average molecular weight is 292 g/mol. The van der Waals surface area contributed by atoms with E-state index in [1.807, 2.05) is 0 Å². The molecule has 4 nitrogen and oxygen atoms in total. The molecule has 0 aromatic heterocycles. The molecule has 0 spiro atoms. The normalized spacial score (nSPS) is 17.7. The molecule has 0 aliphatic carbocycles. The third kappa shape index (κ3) is 4.70. The van der Waals surface area contributed by atoms with Crippen molar-refractivity contribution < 1.29 is 9.84 Å². The van der Waals surface area contributed by atoms with Gasteiger partial charge in [0.2, 0.25) is 0 Å². The second-order valence-corrected chi connectivity index (χ2v) is 5.78. The molecule has 1 saturated heterocycles. The van der Waals surface area contributed by atoms with Crippen LogP contribution in [0.1, 0.15) is 32.3 Å². The summed E-state index contributed by atoms with van der Waals surface area (Å²) in [5.41, 5.74) is 1.92. The largest absolute Gasteiger partial charge is 0.388 e. The lowest BCUT2D eigenvalue weighted by atomic mass is 9.94. The van der Waals surface area contributed by atoms with Gasteiger partial charge in [-0.25, -0.2) is 0 Å². The van der Waals surface area contributed by atoms with Crippen molar-refractivity contribution in [3.05, 3.63) is 29.8 Å². The number of nitrogens with one attached hydrogen (secondary N) is 1. The van der Waals surface area contributed by atoms with Gasteiger partial charge in [0.05, 0.1) is 5.60 Å². The molecule has 21 heavy (non-hydrogen) atoms. The SMILES string of the molecule is CCN(CC)c1ccc(CNCC2(O)CCOCC2)cc1. The van der Waals surface area contributed by atoms with Crippen LogP contribution in [0.3, 0.4) is 0 Å². The van der Waals surface area contributed by atoms with Crippen LogP contribution in [-0.4, -0.2) is 43.6 Å². The van der Waals surface area contributed by atoms with Gasteiger partial charge in [-0.1, -0.05) is 12.1 Å². The number of anilines is 1. The van der Waals surface area contributed by atoms with Crippen LogP contribution in [0.25, 0.3) is 0 Å². The summed E-state index contributed by atoms with van der Waals surface area (Å²) < 4.78 is 5.29. The number of rotatable bonds is 7. The molecule has 118 valence electrons. The van der Waals surface area contributed by atoms with Crippen LogP contribution < -0.4 is 10.2 Å². The molecular formula is C17H28N2O2. The molecule has 0 amide bonds. The first-order chi connectivity index (χ1) is 10.2. The summed E-state index contributed by atoms with van der Waals surface area (Å²) in [4.78, 5) is 2.34. The Kier molecular flexibility index (Phi) is 6.03. The van der Waals surface area contributed by atoms with Gasteiger partial charge in [0.15, 0.2) is 0 Å². The molecule has 0 bridgehead atoms. The monoisotopic (exact) mass is 292 g/mol. The molecule has 1 aliphatic rings. The number of hydrogen-bond acceptors (Lipinski definition) is 4. The number of hydrogen-bond donors (Lipinski definition) is 2. The highest BCUT2D eigenvalue weighted by atomic mass is 16.5. The molecule has 2 N–H and O–H groups in total. The minimum atomic E-state index is -0.598. The van der Waals surface area contributed by atoms with Gasteiger partial charge >= 0.3 is 0 Å². The van der Waals surface area contributed by atoms with Gasteiger partial charge in [0.1, 0.15) is 0 Å². The summed E-state index contributed by atoms with van der Waals surface area (Å²) >= 11 is 0. The fraction of sp³-hybridized carbons (Fsp3) is 0.647. The van der Waals surface area contributed by atoms with E-state index in [0.29, 0.717) is 19.8 Å². The topological polar surface area (TPSA) is 44.7 Å². The van der Waals surface area contributed by atoms with E-state index in [9.17, 15) is 5.11 Å². The predicted octanol–water partition coefficient (Wildman–Crippen LogP) is 2.16. The molecule has 0 unspecified atom stereocenters. The first kappa shape index (κ1) is 16.3. The van der Waals surface area contributed by atoms with Gasteiger partial charge in [-0.3, -0.25) is 0 Å². The number of aliphatic hydroxyl groups is 1. The van der Waals surface area contributed by atoms with E-state index < -0.39 is 5.60 Å². The quantitative estimate of drug-likeness (QED) is 0.808. The van der Waals surface area contributed by atoms with Crippen LogP contribution in [0.2, 0.25) is 0 Å². The maximum Gasteiger partial charge on any atom is 0.0815 e. The highest BCUT2D eigenvalue weighted by Gasteiger charge is 2.28. The summed E-state index contributed by atoms with van der Waals surface area (Å²) in [6.45, 7) is 9.16. The fourth-order valence-electron chi connectivity index (χ4n) is 2.78. The van der Waals surface area contributed by atoms with Crippen LogP contribution in [0.15, 0.2) is 24.3 Å². The van der Waals surface area contributed by atoms with Gasteiger partial charge in [0, 0.05) is 57.9 Å². The molecule has 0 radical (unpaired) electrons. The van der Waals surface area contributed by atoms with Crippen molar-refractivity contribution in [3.8, 4) is 0 Å². The van der Waals surface area contributed by atoms with Gasteiger partial charge < -0.3 is 20.1 Å². The fourth-order valence-corrected chi connectivity index (χ4v) is 2.78. The summed E-state index contributed by atoms with van der Waals surface area (Å²) in [5, 5.41) is 13.8. The molecule has 4 heteroatoms. The second kappa shape index (κ2) is 7.78. The Morgan fingerprint density at radius 2 is 1.76 bits per heavy atom. The summed E-state index contributed by atoms with van der Waals surface area (Å²) in [6, 6.07) is 8.67. The van der Waals surface area contributed by atoms with Gasteiger partial charge in [-0.15, -0.1) is 0 Å². The zero-order valence-electron chi connectivity index (χ0n) is 13.3. The van der Waals surface area contributed by atoms with Gasteiger partial charge in [-0.2, -0.15) is 0 Å². The maximum atomic E-state index is 10.4. The lowest BCUT2D eigenvalue weighted by molar-refractivity contribution is -0.0617. The molecule has 1 fully saturated rings. The van der Waals surface area contributed by atoms with Gasteiger partial charge in [0.25, 0.3) is 0 Å². The van der Waals surface area contributed by atoms with Crippen LogP contribution >= 0.6 is 0 Å². The summed E-state index contributed by atoms with van der Waals surface area (Å²) in [5.74, 6) is 0. The van der Waals surface area contributed by atoms with Crippen molar-refractivity contribution in [1.82, 2.24) is 5.32 Å². The smallest absolute Gasteiger partial charge is 0.0815 e. The molecule has 1 aromatic carbocycles. The van der Waals surface area contributed by atoms with Crippen LogP contribution in [0, 0.1) is 0 Å². The van der Waals surface area contributed by atoms with E-state index >= 15 is 0 Å². The minimum absolute atomic E-state index is 0.598. The number of nitrogens with zero attached hydrogens (tertiary/aromatic N) is 1. The molecule has 1 aliphatic heterocycles. The predicted molar refractivity (Wildman–Crippen MR) is 86.7 cm³/mol. The van der Waals surface area contributed by atoms with Gasteiger partial charge in [-0.05, 0) is 31.5 Å². The van der Waals surface area contributed by atoms with Crippen molar-refractivity contribution in [2.45, 2.75) is 38.8 Å². The highest BCUT2D eigenvalue weighted by Crippen LogP contribution is 2.19. The van der Waals surface area contributed by atoms with E-state index in [0.717, 1.165) is 32.5 Å². The minimum Gasteiger partial charge on any atom is -0.388 e. The Morgan fingerprint density at radius 3 is 2.33 bits per heavy atom. The average Bonchev–Trinajstić information content (AvgIpc) is 2.50. The molecule has 2 rings (SSSR count). The van der Waals surface area contributed by atoms with Crippen molar-refractivity contribution >= 4 is 5.69 Å². The van der Waals surface area contributed by atoms with E-state index in [-0.39, 0.29) is 0 Å². The van der Waals surface area contributed by atoms with E-state index in [2.05, 4.69) is 48.3 Å². The highest BCUT2D eigenvalue weighted by molar-refractivity contribution is 5.47.